The molecule has 0 spiro atoms. The van der Waals surface area contributed by atoms with E-state index in [1.807, 2.05) is 0 Å². The Bertz CT molecular complexity index is 756. The molecule has 0 aliphatic carbocycles. The fourth-order valence-corrected chi connectivity index (χ4v) is 1.98. The van der Waals surface area contributed by atoms with Crippen LogP contribution in [0.3, 0.4) is 0 Å². The Balaban J connectivity index is 2.11. The Morgan fingerprint density at radius 3 is 2.57 bits per heavy atom. The van der Waals surface area contributed by atoms with E-state index in [2.05, 4.69) is 10.4 Å². The predicted octanol–water partition coefficient (Wildman–Crippen LogP) is 3.02. The van der Waals surface area contributed by atoms with Gasteiger partial charge in [0.1, 0.15) is 0 Å². The number of hydrogen-bond acceptors (Lipinski definition) is 3. The number of aromatic nitrogens is 2. The van der Waals surface area contributed by atoms with Crippen molar-refractivity contribution in [2.24, 2.45) is 5.41 Å². The molecule has 0 aliphatic heterocycles. The number of carboxylic acid groups (broad SMARTS) is 1. The Morgan fingerprint density at radius 1 is 1.26 bits per heavy atom. The molecule has 0 unspecified atom stereocenters. The van der Waals surface area contributed by atoms with Crippen LogP contribution in [0.1, 0.15) is 24.3 Å². The Kier molecular flexibility index (Phi) is 4.97. The lowest BCUT2D eigenvalue weighted by molar-refractivity contribution is -0.146. The third-order valence-electron chi connectivity index (χ3n) is 3.26. The fourth-order valence-electron chi connectivity index (χ4n) is 1.68. The summed E-state index contributed by atoms with van der Waals surface area (Å²) in [5.41, 5.74) is -0.219. The third kappa shape index (κ3) is 4.03. The van der Waals surface area contributed by atoms with Crippen molar-refractivity contribution in [2.45, 2.75) is 13.8 Å². The van der Waals surface area contributed by atoms with E-state index in [-0.39, 0.29) is 12.2 Å². The molecule has 0 saturated heterocycles. The lowest BCUT2D eigenvalue weighted by Crippen LogP contribution is -2.39. The zero-order valence-electron chi connectivity index (χ0n) is 12.5. The van der Waals surface area contributed by atoms with E-state index in [1.54, 1.807) is 24.4 Å². The average molecular weight is 356 g/mol. The molecule has 122 valence electrons. The molecule has 8 heteroatoms. The number of nitrogens with zero attached hydrogens (tertiary/aromatic N) is 2. The second-order valence-electron chi connectivity index (χ2n) is 5.62. The van der Waals surface area contributed by atoms with Crippen LogP contribution in [0.15, 0.2) is 30.5 Å². The van der Waals surface area contributed by atoms with Gasteiger partial charge < -0.3 is 10.4 Å². The van der Waals surface area contributed by atoms with Crippen molar-refractivity contribution in [3.63, 3.8) is 0 Å². The van der Waals surface area contributed by atoms with Crippen LogP contribution in [0.4, 0.5) is 0 Å². The van der Waals surface area contributed by atoms with Gasteiger partial charge in [-0.2, -0.15) is 5.10 Å². The quantitative estimate of drug-likeness (QED) is 0.863. The first-order valence-corrected chi connectivity index (χ1v) is 7.49. The molecular formula is C15H15Cl2N3O3. The van der Waals surface area contributed by atoms with Crippen molar-refractivity contribution < 1.29 is 14.7 Å². The largest absolute Gasteiger partial charge is 0.481 e. The average Bonchev–Trinajstić information content (AvgIpc) is 2.97. The molecule has 0 saturated carbocycles. The second kappa shape index (κ2) is 6.60. The zero-order chi connectivity index (χ0) is 17.2. The molecule has 6 nitrogen and oxygen atoms in total. The molecule has 0 radical (unpaired) electrons. The van der Waals surface area contributed by atoms with Crippen LogP contribution in [0.25, 0.3) is 5.69 Å². The van der Waals surface area contributed by atoms with E-state index >= 15 is 0 Å². The van der Waals surface area contributed by atoms with Crippen molar-refractivity contribution in [1.82, 2.24) is 15.1 Å². The van der Waals surface area contributed by atoms with Crippen LogP contribution in [-0.2, 0) is 4.79 Å². The summed E-state index contributed by atoms with van der Waals surface area (Å²) in [6.45, 7) is 3.06. The molecule has 1 aromatic carbocycles. The highest BCUT2D eigenvalue weighted by atomic mass is 35.5. The molecule has 0 bridgehead atoms. The Morgan fingerprint density at radius 2 is 1.96 bits per heavy atom. The molecule has 23 heavy (non-hydrogen) atoms. The smallest absolute Gasteiger partial charge is 0.310 e. The highest BCUT2D eigenvalue weighted by molar-refractivity contribution is 6.42. The van der Waals surface area contributed by atoms with E-state index in [4.69, 9.17) is 28.3 Å². The van der Waals surface area contributed by atoms with E-state index in [9.17, 15) is 9.59 Å². The summed E-state index contributed by atoms with van der Waals surface area (Å²) in [5.74, 6) is -1.43. The molecule has 0 aliphatic rings. The molecule has 0 fully saturated rings. The SMILES string of the molecule is CC(C)(CNC(=O)c1ccn(-c2ccc(Cl)c(Cl)c2)n1)C(=O)O. The summed E-state index contributed by atoms with van der Waals surface area (Å²) in [6, 6.07) is 6.52. The number of benzene rings is 1. The number of carbonyl (C=O) groups is 2. The monoisotopic (exact) mass is 355 g/mol. The predicted molar refractivity (Wildman–Crippen MR) is 87.3 cm³/mol. The lowest BCUT2D eigenvalue weighted by Gasteiger charge is -2.18. The Labute approximate surface area is 143 Å². The van der Waals surface area contributed by atoms with Gasteiger partial charge in [0, 0.05) is 12.7 Å². The normalized spacial score (nSPS) is 11.3. The lowest BCUT2D eigenvalue weighted by atomic mass is 9.94. The van der Waals surface area contributed by atoms with Crippen molar-refractivity contribution >= 4 is 35.1 Å². The molecule has 2 N–H and O–H groups in total. The summed E-state index contributed by atoms with van der Waals surface area (Å²) in [5, 5.41) is 16.6. The number of nitrogens with one attached hydrogen (secondary N) is 1. The van der Waals surface area contributed by atoms with Gasteiger partial charge in [0.2, 0.25) is 0 Å². The summed E-state index contributed by atoms with van der Waals surface area (Å²) in [7, 11) is 0. The molecular weight excluding hydrogens is 341 g/mol. The number of amides is 1. The van der Waals surface area contributed by atoms with Crippen LogP contribution >= 0.6 is 23.2 Å². The van der Waals surface area contributed by atoms with Gasteiger partial charge >= 0.3 is 5.97 Å². The molecule has 1 amide bonds. The van der Waals surface area contributed by atoms with Crippen LogP contribution in [0, 0.1) is 5.41 Å². The number of rotatable bonds is 5. The van der Waals surface area contributed by atoms with Gasteiger partial charge in [-0.05, 0) is 38.1 Å². The standard InChI is InChI=1S/C15H15Cl2N3O3/c1-15(2,14(22)23)8-18-13(21)12-5-6-20(19-12)9-3-4-10(16)11(17)7-9/h3-7H,8H2,1-2H3,(H,18,21)(H,22,23). The van der Waals surface area contributed by atoms with Crippen molar-refractivity contribution in [1.29, 1.82) is 0 Å². The number of hydrogen-bond donors (Lipinski definition) is 2. The van der Waals surface area contributed by atoms with E-state index in [1.165, 1.54) is 24.6 Å². The first-order chi connectivity index (χ1) is 10.7. The molecule has 1 aromatic heterocycles. The van der Waals surface area contributed by atoms with E-state index in [0.717, 1.165) is 0 Å². The number of carbonyl (C=O) groups excluding carboxylic acids is 1. The summed E-state index contributed by atoms with van der Waals surface area (Å²) < 4.78 is 1.49. The first kappa shape index (κ1) is 17.3. The van der Waals surface area contributed by atoms with Crippen molar-refractivity contribution in [2.75, 3.05) is 6.54 Å². The van der Waals surface area contributed by atoms with Gasteiger partial charge in [0.25, 0.3) is 5.91 Å². The Hall–Kier alpha value is -2.05. The van der Waals surface area contributed by atoms with Gasteiger partial charge in [-0.1, -0.05) is 23.2 Å². The second-order valence-corrected chi connectivity index (χ2v) is 6.43. The van der Waals surface area contributed by atoms with Crippen LogP contribution < -0.4 is 5.32 Å². The first-order valence-electron chi connectivity index (χ1n) is 6.73. The maximum Gasteiger partial charge on any atom is 0.310 e. The molecule has 2 rings (SSSR count). The van der Waals surface area contributed by atoms with E-state index < -0.39 is 17.3 Å². The van der Waals surface area contributed by atoms with Crippen LogP contribution in [0.2, 0.25) is 10.0 Å². The van der Waals surface area contributed by atoms with Gasteiger partial charge in [0.15, 0.2) is 5.69 Å². The minimum absolute atomic E-state index is 0.000793. The summed E-state index contributed by atoms with van der Waals surface area (Å²) in [6.07, 6.45) is 1.61. The number of halogens is 2. The van der Waals surface area contributed by atoms with E-state index in [0.29, 0.717) is 15.7 Å². The minimum atomic E-state index is -1.05. The molecule has 2 aromatic rings. The maximum absolute atomic E-state index is 12.1. The number of carboxylic acids is 1. The molecule has 1 heterocycles. The van der Waals surface area contributed by atoms with Crippen LogP contribution in [-0.4, -0.2) is 33.3 Å². The highest BCUT2D eigenvalue weighted by Crippen LogP contribution is 2.24. The minimum Gasteiger partial charge on any atom is -0.481 e. The van der Waals surface area contributed by atoms with Gasteiger partial charge in [0.05, 0.1) is 21.1 Å². The maximum atomic E-state index is 12.1. The third-order valence-corrected chi connectivity index (χ3v) is 4.00. The zero-order valence-corrected chi connectivity index (χ0v) is 14.0. The topological polar surface area (TPSA) is 84.2 Å². The van der Waals surface area contributed by atoms with Gasteiger partial charge in [-0.3, -0.25) is 9.59 Å². The highest BCUT2D eigenvalue weighted by Gasteiger charge is 2.28. The molecule has 0 atom stereocenters. The summed E-state index contributed by atoms with van der Waals surface area (Å²) >= 11 is 11.8. The van der Waals surface area contributed by atoms with Gasteiger partial charge in [-0.15, -0.1) is 0 Å². The number of aliphatic carboxylic acids is 1. The fraction of sp³-hybridized carbons (Fsp3) is 0.267. The van der Waals surface area contributed by atoms with Crippen molar-refractivity contribution in [3.05, 3.63) is 46.2 Å². The van der Waals surface area contributed by atoms with Crippen molar-refractivity contribution in [3.8, 4) is 5.69 Å². The van der Waals surface area contributed by atoms with Gasteiger partial charge in [-0.25, -0.2) is 4.68 Å². The summed E-state index contributed by atoms with van der Waals surface area (Å²) in [4.78, 5) is 23.1. The van der Waals surface area contributed by atoms with Crippen LogP contribution in [0.5, 0.6) is 0 Å².